The van der Waals surface area contributed by atoms with Gasteiger partial charge in [-0.15, -0.1) is 0 Å². The second kappa shape index (κ2) is 6.62. The minimum Gasteiger partial charge on any atom is -0.325 e. The van der Waals surface area contributed by atoms with Crippen molar-refractivity contribution in [2.45, 2.75) is 6.42 Å². The SMILES string of the molecule is Cn1cc(-c2ccccc2NC(=O)Cc2cc(F)cc(F)c2)cn1. The molecule has 0 aliphatic rings. The molecule has 1 aromatic heterocycles. The molecule has 0 atom stereocenters. The van der Waals surface area contributed by atoms with E-state index in [-0.39, 0.29) is 17.9 Å². The van der Waals surface area contributed by atoms with Gasteiger partial charge < -0.3 is 5.32 Å². The summed E-state index contributed by atoms with van der Waals surface area (Å²) in [5, 5.41) is 6.91. The van der Waals surface area contributed by atoms with E-state index in [9.17, 15) is 13.6 Å². The maximum atomic E-state index is 13.2. The topological polar surface area (TPSA) is 46.9 Å². The summed E-state index contributed by atoms with van der Waals surface area (Å²) in [7, 11) is 1.81. The summed E-state index contributed by atoms with van der Waals surface area (Å²) in [6.07, 6.45) is 3.43. The van der Waals surface area contributed by atoms with Gasteiger partial charge in [-0.3, -0.25) is 9.48 Å². The van der Waals surface area contributed by atoms with Gasteiger partial charge >= 0.3 is 0 Å². The van der Waals surface area contributed by atoms with Crippen molar-refractivity contribution in [3.8, 4) is 11.1 Å². The summed E-state index contributed by atoms with van der Waals surface area (Å²) in [4.78, 5) is 12.2. The highest BCUT2D eigenvalue weighted by atomic mass is 19.1. The minimum atomic E-state index is -0.700. The molecule has 0 fully saturated rings. The van der Waals surface area contributed by atoms with Crippen molar-refractivity contribution in [1.29, 1.82) is 0 Å². The molecule has 2 aromatic carbocycles. The zero-order valence-corrected chi connectivity index (χ0v) is 13.0. The molecule has 0 aliphatic carbocycles. The van der Waals surface area contributed by atoms with Gasteiger partial charge in [-0.05, 0) is 23.8 Å². The van der Waals surface area contributed by atoms with Gasteiger partial charge in [0, 0.05) is 36.1 Å². The number of para-hydroxylation sites is 1. The molecule has 0 saturated carbocycles. The minimum absolute atomic E-state index is 0.115. The van der Waals surface area contributed by atoms with E-state index in [4.69, 9.17) is 0 Å². The molecule has 1 N–H and O–H groups in total. The molecule has 4 nitrogen and oxygen atoms in total. The number of nitrogens with zero attached hydrogens (tertiary/aromatic N) is 2. The molecule has 3 aromatic rings. The van der Waals surface area contributed by atoms with Crippen LogP contribution in [0.1, 0.15) is 5.56 Å². The van der Waals surface area contributed by atoms with E-state index >= 15 is 0 Å². The van der Waals surface area contributed by atoms with Crippen LogP contribution in [0.25, 0.3) is 11.1 Å². The van der Waals surface area contributed by atoms with Crippen LogP contribution >= 0.6 is 0 Å². The Labute approximate surface area is 137 Å². The maximum Gasteiger partial charge on any atom is 0.228 e. The van der Waals surface area contributed by atoms with E-state index in [0.29, 0.717) is 5.69 Å². The van der Waals surface area contributed by atoms with Crippen LogP contribution in [0, 0.1) is 11.6 Å². The highest BCUT2D eigenvalue weighted by molar-refractivity contribution is 5.96. The standard InChI is InChI=1S/C18H15F2N3O/c1-23-11-13(10-21-23)16-4-2-3-5-17(16)22-18(24)8-12-6-14(19)9-15(20)7-12/h2-7,9-11H,8H2,1H3,(H,22,24). The van der Waals surface area contributed by atoms with Crippen LogP contribution in [0.5, 0.6) is 0 Å². The number of amides is 1. The zero-order valence-electron chi connectivity index (χ0n) is 13.0. The van der Waals surface area contributed by atoms with Crippen molar-refractivity contribution in [2.24, 2.45) is 7.05 Å². The van der Waals surface area contributed by atoms with Gasteiger partial charge in [-0.25, -0.2) is 8.78 Å². The first-order valence-corrected chi connectivity index (χ1v) is 7.34. The number of carbonyl (C=O) groups excluding carboxylic acids is 1. The fourth-order valence-electron chi connectivity index (χ4n) is 2.50. The highest BCUT2D eigenvalue weighted by Crippen LogP contribution is 2.27. The molecule has 0 saturated heterocycles. The Morgan fingerprint density at radius 3 is 2.54 bits per heavy atom. The molecule has 0 radical (unpaired) electrons. The fourth-order valence-corrected chi connectivity index (χ4v) is 2.50. The first-order chi connectivity index (χ1) is 11.5. The first-order valence-electron chi connectivity index (χ1n) is 7.34. The van der Waals surface area contributed by atoms with Crippen LogP contribution in [-0.4, -0.2) is 15.7 Å². The third-order valence-corrected chi connectivity index (χ3v) is 3.50. The van der Waals surface area contributed by atoms with Crippen LogP contribution in [0.2, 0.25) is 0 Å². The van der Waals surface area contributed by atoms with Crippen LogP contribution < -0.4 is 5.32 Å². The van der Waals surface area contributed by atoms with E-state index in [1.54, 1.807) is 23.0 Å². The Kier molecular flexibility index (Phi) is 4.37. The predicted octanol–water partition coefficient (Wildman–Crippen LogP) is 3.55. The van der Waals surface area contributed by atoms with Crippen LogP contribution in [0.4, 0.5) is 14.5 Å². The lowest BCUT2D eigenvalue weighted by Crippen LogP contribution is -2.15. The number of hydrogen-bond acceptors (Lipinski definition) is 2. The number of benzene rings is 2. The number of aryl methyl sites for hydroxylation is 1. The molecule has 1 amide bonds. The monoisotopic (exact) mass is 327 g/mol. The molecular formula is C18H15F2N3O. The molecule has 3 rings (SSSR count). The van der Waals surface area contributed by atoms with Crippen molar-refractivity contribution < 1.29 is 13.6 Å². The lowest BCUT2D eigenvalue weighted by atomic mass is 10.1. The van der Waals surface area contributed by atoms with E-state index in [1.807, 2.05) is 25.4 Å². The summed E-state index contributed by atoms with van der Waals surface area (Å²) in [5.41, 5.74) is 2.59. The molecule has 0 spiro atoms. The largest absolute Gasteiger partial charge is 0.325 e. The van der Waals surface area contributed by atoms with Gasteiger partial charge in [0.2, 0.25) is 5.91 Å². The Balaban J connectivity index is 1.80. The van der Waals surface area contributed by atoms with Gasteiger partial charge in [-0.2, -0.15) is 5.10 Å². The van der Waals surface area contributed by atoms with Crippen LogP contribution in [0.15, 0.2) is 54.9 Å². The van der Waals surface area contributed by atoms with Crippen molar-refractivity contribution in [2.75, 3.05) is 5.32 Å². The van der Waals surface area contributed by atoms with Crippen LogP contribution in [-0.2, 0) is 18.3 Å². The number of carbonyl (C=O) groups is 1. The molecule has 6 heteroatoms. The molecule has 1 heterocycles. The van der Waals surface area contributed by atoms with Crippen molar-refractivity contribution in [3.05, 3.63) is 72.1 Å². The number of rotatable bonds is 4. The number of hydrogen-bond donors (Lipinski definition) is 1. The predicted molar refractivity (Wildman–Crippen MR) is 87.3 cm³/mol. The lowest BCUT2D eigenvalue weighted by Gasteiger charge is -2.10. The average molecular weight is 327 g/mol. The van der Waals surface area contributed by atoms with Gasteiger partial charge in [0.05, 0.1) is 12.6 Å². The summed E-state index contributed by atoms with van der Waals surface area (Å²) < 4.78 is 28.1. The maximum absolute atomic E-state index is 13.2. The van der Waals surface area contributed by atoms with E-state index in [1.165, 1.54) is 0 Å². The Hall–Kier alpha value is -3.02. The molecular weight excluding hydrogens is 312 g/mol. The number of nitrogens with one attached hydrogen (secondary N) is 1. The van der Waals surface area contributed by atoms with Crippen molar-refractivity contribution >= 4 is 11.6 Å². The molecule has 0 aliphatic heterocycles. The third kappa shape index (κ3) is 3.65. The average Bonchev–Trinajstić information content (AvgIpc) is 2.93. The quantitative estimate of drug-likeness (QED) is 0.796. The summed E-state index contributed by atoms with van der Waals surface area (Å²) in [5.74, 6) is -1.75. The Bertz CT molecular complexity index is 869. The molecule has 122 valence electrons. The normalized spacial score (nSPS) is 10.6. The first kappa shape index (κ1) is 15.9. The van der Waals surface area contributed by atoms with E-state index in [2.05, 4.69) is 10.4 Å². The number of aromatic nitrogens is 2. The lowest BCUT2D eigenvalue weighted by molar-refractivity contribution is -0.115. The van der Waals surface area contributed by atoms with Crippen molar-refractivity contribution in [3.63, 3.8) is 0 Å². The fraction of sp³-hybridized carbons (Fsp3) is 0.111. The summed E-state index contributed by atoms with van der Waals surface area (Å²) >= 11 is 0. The van der Waals surface area contributed by atoms with E-state index < -0.39 is 11.6 Å². The number of halogens is 2. The zero-order chi connectivity index (χ0) is 17.1. The summed E-state index contributed by atoms with van der Waals surface area (Å²) in [6, 6.07) is 10.4. The molecule has 0 bridgehead atoms. The van der Waals surface area contributed by atoms with Gasteiger partial charge in [0.1, 0.15) is 11.6 Å². The van der Waals surface area contributed by atoms with E-state index in [0.717, 1.165) is 29.3 Å². The smallest absolute Gasteiger partial charge is 0.228 e. The highest BCUT2D eigenvalue weighted by Gasteiger charge is 2.11. The molecule has 0 unspecified atom stereocenters. The Morgan fingerprint density at radius 2 is 1.88 bits per heavy atom. The second-order valence-corrected chi connectivity index (χ2v) is 5.45. The summed E-state index contributed by atoms with van der Waals surface area (Å²) in [6.45, 7) is 0. The Morgan fingerprint density at radius 1 is 1.17 bits per heavy atom. The van der Waals surface area contributed by atoms with Crippen molar-refractivity contribution in [1.82, 2.24) is 9.78 Å². The van der Waals surface area contributed by atoms with Gasteiger partial charge in [-0.1, -0.05) is 18.2 Å². The van der Waals surface area contributed by atoms with Gasteiger partial charge in [0.15, 0.2) is 0 Å². The van der Waals surface area contributed by atoms with Gasteiger partial charge in [0.25, 0.3) is 0 Å². The van der Waals surface area contributed by atoms with Crippen LogP contribution in [0.3, 0.4) is 0 Å². The number of anilines is 1. The third-order valence-electron chi connectivity index (χ3n) is 3.50. The molecule has 24 heavy (non-hydrogen) atoms. The second-order valence-electron chi connectivity index (χ2n) is 5.45.